The molecule has 5 heteroatoms. The van der Waals surface area contributed by atoms with Crippen molar-refractivity contribution >= 4 is 11.6 Å². The van der Waals surface area contributed by atoms with Gasteiger partial charge in [0.1, 0.15) is 5.82 Å². The van der Waals surface area contributed by atoms with Gasteiger partial charge in [-0.15, -0.1) is 0 Å². The number of hydrogen-bond donors (Lipinski definition) is 1. The molecular formula is C13H19ClFNO2. The summed E-state index contributed by atoms with van der Waals surface area (Å²) >= 11 is 5.93. The third-order valence-electron chi connectivity index (χ3n) is 2.56. The van der Waals surface area contributed by atoms with Crippen LogP contribution in [0.5, 0.6) is 0 Å². The Bertz CT molecular complexity index is 363. The lowest BCUT2D eigenvalue weighted by Crippen LogP contribution is -2.25. The highest BCUT2D eigenvalue weighted by atomic mass is 35.5. The summed E-state index contributed by atoms with van der Waals surface area (Å²) in [5, 5.41) is 0.422. The molecule has 3 nitrogen and oxygen atoms in total. The van der Waals surface area contributed by atoms with Crippen molar-refractivity contribution in [2.45, 2.75) is 18.9 Å². The first kappa shape index (κ1) is 15.4. The topological polar surface area (TPSA) is 44.5 Å². The quantitative estimate of drug-likeness (QED) is 0.741. The minimum Gasteiger partial charge on any atom is -0.382 e. The maximum absolute atomic E-state index is 12.9. The van der Waals surface area contributed by atoms with E-state index >= 15 is 0 Å². The molecule has 1 unspecified atom stereocenters. The maximum Gasteiger partial charge on any atom is 0.124 e. The van der Waals surface area contributed by atoms with Crippen LogP contribution in [-0.4, -0.2) is 33.0 Å². The molecule has 0 radical (unpaired) electrons. The summed E-state index contributed by atoms with van der Waals surface area (Å²) in [6.45, 7) is 1.74. The zero-order valence-corrected chi connectivity index (χ0v) is 11.3. The van der Waals surface area contributed by atoms with Crippen LogP contribution in [0.1, 0.15) is 12.0 Å². The third-order valence-corrected chi connectivity index (χ3v) is 2.91. The summed E-state index contributed by atoms with van der Waals surface area (Å²) < 4.78 is 23.1. The van der Waals surface area contributed by atoms with E-state index in [1.165, 1.54) is 12.1 Å². The molecule has 0 amide bonds. The van der Waals surface area contributed by atoms with E-state index < -0.39 is 0 Å². The SMILES string of the molecule is COCCOCCC(N)Cc1ccc(F)cc1Cl. The summed E-state index contributed by atoms with van der Waals surface area (Å²) in [6.07, 6.45) is 1.35. The fourth-order valence-corrected chi connectivity index (χ4v) is 1.80. The van der Waals surface area contributed by atoms with Crippen molar-refractivity contribution in [2.24, 2.45) is 5.73 Å². The molecule has 1 rings (SSSR count). The van der Waals surface area contributed by atoms with Gasteiger partial charge >= 0.3 is 0 Å². The molecule has 0 heterocycles. The van der Waals surface area contributed by atoms with Crippen molar-refractivity contribution in [1.29, 1.82) is 0 Å². The average Bonchev–Trinajstić information content (AvgIpc) is 2.32. The van der Waals surface area contributed by atoms with Gasteiger partial charge in [-0.05, 0) is 30.5 Å². The van der Waals surface area contributed by atoms with Gasteiger partial charge in [-0.25, -0.2) is 4.39 Å². The molecule has 0 bridgehead atoms. The van der Waals surface area contributed by atoms with E-state index in [9.17, 15) is 4.39 Å². The molecule has 0 saturated carbocycles. The normalized spacial score (nSPS) is 12.7. The first-order chi connectivity index (χ1) is 8.63. The molecule has 0 fully saturated rings. The lowest BCUT2D eigenvalue weighted by atomic mass is 10.0. The number of methoxy groups -OCH3 is 1. The molecule has 0 aliphatic rings. The summed E-state index contributed by atoms with van der Waals surface area (Å²) in [5.41, 5.74) is 6.83. The minimum atomic E-state index is -0.333. The molecule has 0 aromatic heterocycles. The smallest absolute Gasteiger partial charge is 0.124 e. The lowest BCUT2D eigenvalue weighted by molar-refractivity contribution is 0.0672. The molecule has 0 aliphatic heterocycles. The van der Waals surface area contributed by atoms with Gasteiger partial charge in [-0.3, -0.25) is 0 Å². The molecule has 1 aromatic rings. The van der Waals surface area contributed by atoms with Crippen LogP contribution < -0.4 is 5.73 Å². The number of ether oxygens (including phenoxy) is 2. The van der Waals surface area contributed by atoms with Crippen LogP contribution in [0.2, 0.25) is 5.02 Å². The van der Waals surface area contributed by atoms with Crippen molar-refractivity contribution in [2.75, 3.05) is 26.9 Å². The predicted molar refractivity (Wildman–Crippen MR) is 70.4 cm³/mol. The molecular weight excluding hydrogens is 257 g/mol. The first-order valence-electron chi connectivity index (χ1n) is 5.89. The minimum absolute atomic E-state index is 0.0458. The molecule has 1 atom stereocenters. The lowest BCUT2D eigenvalue weighted by Gasteiger charge is -2.13. The van der Waals surface area contributed by atoms with Gasteiger partial charge in [-0.1, -0.05) is 17.7 Å². The second-order valence-electron chi connectivity index (χ2n) is 4.09. The molecule has 0 aliphatic carbocycles. The molecule has 0 spiro atoms. The second-order valence-corrected chi connectivity index (χ2v) is 4.50. The van der Waals surface area contributed by atoms with E-state index in [2.05, 4.69) is 0 Å². The van der Waals surface area contributed by atoms with Gasteiger partial charge in [0.15, 0.2) is 0 Å². The number of nitrogens with two attached hydrogens (primary N) is 1. The van der Waals surface area contributed by atoms with Crippen LogP contribution in [0, 0.1) is 5.82 Å². The van der Waals surface area contributed by atoms with Crippen LogP contribution >= 0.6 is 11.6 Å². The van der Waals surface area contributed by atoms with E-state index in [4.69, 9.17) is 26.8 Å². The van der Waals surface area contributed by atoms with E-state index in [0.29, 0.717) is 31.3 Å². The zero-order valence-electron chi connectivity index (χ0n) is 10.5. The van der Waals surface area contributed by atoms with E-state index in [1.807, 2.05) is 0 Å². The van der Waals surface area contributed by atoms with E-state index in [0.717, 1.165) is 12.0 Å². The largest absolute Gasteiger partial charge is 0.382 e. The van der Waals surface area contributed by atoms with Crippen LogP contribution in [-0.2, 0) is 15.9 Å². The van der Waals surface area contributed by atoms with E-state index in [-0.39, 0.29) is 11.9 Å². The highest BCUT2D eigenvalue weighted by Crippen LogP contribution is 2.18. The Labute approximate surface area is 112 Å². The van der Waals surface area contributed by atoms with Crippen molar-refractivity contribution in [3.8, 4) is 0 Å². The van der Waals surface area contributed by atoms with Gasteiger partial charge in [0.25, 0.3) is 0 Å². The van der Waals surface area contributed by atoms with Gasteiger partial charge < -0.3 is 15.2 Å². The Morgan fingerprint density at radius 1 is 1.33 bits per heavy atom. The Balaban J connectivity index is 2.28. The van der Waals surface area contributed by atoms with Gasteiger partial charge in [-0.2, -0.15) is 0 Å². The highest BCUT2D eigenvalue weighted by molar-refractivity contribution is 6.31. The second kappa shape index (κ2) is 8.43. The Morgan fingerprint density at radius 2 is 2.11 bits per heavy atom. The van der Waals surface area contributed by atoms with Crippen molar-refractivity contribution in [3.05, 3.63) is 34.6 Å². The van der Waals surface area contributed by atoms with Gasteiger partial charge in [0, 0.05) is 24.8 Å². The monoisotopic (exact) mass is 275 g/mol. The van der Waals surface area contributed by atoms with Gasteiger partial charge in [0.05, 0.1) is 13.2 Å². The van der Waals surface area contributed by atoms with Crippen molar-refractivity contribution < 1.29 is 13.9 Å². The average molecular weight is 276 g/mol. The van der Waals surface area contributed by atoms with Crippen LogP contribution in [0.4, 0.5) is 4.39 Å². The Hall–Kier alpha value is -0.680. The summed E-state index contributed by atoms with van der Waals surface area (Å²) in [4.78, 5) is 0. The molecule has 1 aromatic carbocycles. The summed E-state index contributed by atoms with van der Waals surface area (Å²) in [7, 11) is 1.63. The molecule has 102 valence electrons. The third kappa shape index (κ3) is 5.78. The molecule has 2 N–H and O–H groups in total. The van der Waals surface area contributed by atoms with Crippen LogP contribution in [0.3, 0.4) is 0 Å². The number of halogens is 2. The number of benzene rings is 1. The van der Waals surface area contributed by atoms with Crippen LogP contribution in [0.25, 0.3) is 0 Å². The summed E-state index contributed by atoms with van der Waals surface area (Å²) in [5.74, 6) is -0.333. The van der Waals surface area contributed by atoms with Crippen molar-refractivity contribution in [3.63, 3.8) is 0 Å². The fraction of sp³-hybridized carbons (Fsp3) is 0.538. The predicted octanol–water partition coefficient (Wildman–Crippen LogP) is 2.40. The maximum atomic E-state index is 12.9. The highest BCUT2D eigenvalue weighted by Gasteiger charge is 2.08. The van der Waals surface area contributed by atoms with Gasteiger partial charge in [0.2, 0.25) is 0 Å². The standard InChI is InChI=1S/C13H19ClFNO2/c1-17-6-7-18-5-4-12(16)8-10-2-3-11(15)9-13(10)14/h2-3,9,12H,4-8,16H2,1H3. The Kier molecular flexibility index (Phi) is 7.20. The number of rotatable bonds is 8. The summed E-state index contributed by atoms with van der Waals surface area (Å²) in [6, 6.07) is 4.32. The van der Waals surface area contributed by atoms with Crippen molar-refractivity contribution in [1.82, 2.24) is 0 Å². The number of hydrogen-bond acceptors (Lipinski definition) is 3. The van der Waals surface area contributed by atoms with E-state index in [1.54, 1.807) is 13.2 Å². The Morgan fingerprint density at radius 3 is 2.78 bits per heavy atom. The zero-order chi connectivity index (χ0) is 13.4. The fourth-order valence-electron chi connectivity index (χ4n) is 1.55. The first-order valence-corrected chi connectivity index (χ1v) is 6.27. The van der Waals surface area contributed by atoms with Crippen LogP contribution in [0.15, 0.2) is 18.2 Å². The molecule has 0 saturated heterocycles. The molecule has 18 heavy (non-hydrogen) atoms.